The summed E-state index contributed by atoms with van der Waals surface area (Å²) in [4.78, 5) is 26.2. The Kier molecular flexibility index (Phi) is 6.89. The van der Waals surface area contributed by atoms with E-state index in [1.54, 1.807) is 13.3 Å². The first-order valence-corrected chi connectivity index (χ1v) is 11.7. The van der Waals surface area contributed by atoms with Crippen LogP contribution in [0.1, 0.15) is 35.5 Å². The molecule has 0 fully saturated rings. The molecule has 0 atom stereocenters. The molecule has 1 aliphatic rings. The van der Waals surface area contributed by atoms with Crippen LogP contribution in [0.5, 0.6) is 5.88 Å². The zero-order valence-electron chi connectivity index (χ0n) is 21.6. The second-order valence-electron chi connectivity index (χ2n) is 9.77. The molecule has 3 aromatic heterocycles. The van der Waals surface area contributed by atoms with Crippen molar-refractivity contribution < 1.29 is 22.7 Å². The Morgan fingerprint density at radius 1 is 1.19 bits per heavy atom. The number of anilines is 2. The largest absolute Gasteiger partial charge is 0.480 e. The van der Waals surface area contributed by atoms with E-state index in [-0.39, 0.29) is 11.6 Å². The van der Waals surface area contributed by atoms with Crippen LogP contribution in [-0.4, -0.2) is 71.0 Å². The number of methoxy groups -OCH3 is 1. The number of carbonyl (C=O) groups is 1. The van der Waals surface area contributed by atoms with E-state index in [1.165, 1.54) is 17.3 Å². The zero-order chi connectivity index (χ0) is 27.1. The molecule has 0 bridgehead atoms. The van der Waals surface area contributed by atoms with Crippen molar-refractivity contribution >= 4 is 17.3 Å². The highest BCUT2D eigenvalue weighted by atomic mass is 19.4. The van der Waals surface area contributed by atoms with Crippen LogP contribution in [-0.2, 0) is 12.1 Å². The summed E-state index contributed by atoms with van der Waals surface area (Å²) in [5, 5.41) is 7.14. The molecule has 0 aliphatic carbocycles. The van der Waals surface area contributed by atoms with Gasteiger partial charge in [0.15, 0.2) is 0 Å². The average Bonchev–Trinajstić information content (AvgIpc) is 3.31. The normalized spacial score (nSPS) is 14.9. The van der Waals surface area contributed by atoms with Crippen LogP contribution in [0.4, 0.5) is 24.5 Å². The van der Waals surface area contributed by atoms with Gasteiger partial charge in [-0.1, -0.05) is 0 Å². The van der Waals surface area contributed by atoms with Gasteiger partial charge in [-0.3, -0.25) is 14.4 Å². The fourth-order valence-corrected chi connectivity index (χ4v) is 4.48. The maximum atomic E-state index is 13.5. The standard InChI is InChI=1S/C25H30F3N7O2/c1-15-9-18(16-10-19(22(37-6)30-11-16)29-7-8-33(4)5)32-21-20(15)23(36)35(24(21,2)3)17-12-31-34(13-17)14-25(26,27)28/h9-13,29H,7-8,14H2,1-6H3. The molecule has 37 heavy (non-hydrogen) atoms. The number of amides is 1. The van der Waals surface area contributed by atoms with Crippen LogP contribution < -0.4 is 15.0 Å². The quantitative estimate of drug-likeness (QED) is 0.482. The molecular weight excluding hydrogens is 487 g/mol. The lowest BCUT2D eigenvalue weighted by atomic mass is 9.96. The van der Waals surface area contributed by atoms with Crippen molar-refractivity contribution in [2.75, 3.05) is 44.5 Å². The zero-order valence-corrected chi connectivity index (χ0v) is 21.6. The van der Waals surface area contributed by atoms with Crippen LogP contribution in [0.2, 0.25) is 0 Å². The number of hydrogen-bond donors (Lipinski definition) is 1. The predicted octanol–water partition coefficient (Wildman–Crippen LogP) is 4.09. The highest BCUT2D eigenvalue weighted by molar-refractivity contribution is 6.12. The fraction of sp³-hybridized carbons (Fsp3) is 0.440. The number of carbonyl (C=O) groups excluding carboxylic acids is 1. The van der Waals surface area contributed by atoms with Crippen molar-refractivity contribution in [3.05, 3.63) is 47.5 Å². The summed E-state index contributed by atoms with van der Waals surface area (Å²) in [6.45, 7) is 5.71. The Labute approximate surface area is 213 Å². The molecule has 0 unspecified atom stereocenters. The third kappa shape index (κ3) is 5.24. The first-order chi connectivity index (χ1) is 17.3. The van der Waals surface area contributed by atoms with Gasteiger partial charge in [-0.2, -0.15) is 18.3 Å². The molecule has 3 aromatic rings. The number of alkyl halides is 3. The van der Waals surface area contributed by atoms with Crippen LogP contribution in [0, 0.1) is 6.92 Å². The molecule has 1 N–H and O–H groups in total. The summed E-state index contributed by atoms with van der Waals surface area (Å²) in [5.41, 5.74) is 3.11. The van der Waals surface area contributed by atoms with Crippen LogP contribution in [0.3, 0.4) is 0 Å². The van der Waals surface area contributed by atoms with E-state index >= 15 is 0 Å². The lowest BCUT2D eigenvalue weighted by Gasteiger charge is -2.30. The van der Waals surface area contributed by atoms with Gasteiger partial charge in [0.1, 0.15) is 6.54 Å². The molecule has 1 aliphatic heterocycles. The maximum Gasteiger partial charge on any atom is 0.408 e. The Hall–Kier alpha value is -3.67. The summed E-state index contributed by atoms with van der Waals surface area (Å²) in [5.74, 6) is 0.125. The Bertz CT molecular complexity index is 1320. The molecule has 12 heteroatoms. The van der Waals surface area contributed by atoms with Gasteiger partial charge in [-0.05, 0) is 52.6 Å². The van der Waals surface area contributed by atoms with E-state index in [9.17, 15) is 18.0 Å². The molecule has 9 nitrogen and oxygen atoms in total. The van der Waals surface area contributed by atoms with E-state index in [2.05, 4.69) is 20.3 Å². The number of halogens is 3. The summed E-state index contributed by atoms with van der Waals surface area (Å²) in [7, 11) is 5.52. The van der Waals surface area contributed by atoms with Gasteiger partial charge in [-0.15, -0.1) is 0 Å². The van der Waals surface area contributed by atoms with Gasteiger partial charge < -0.3 is 15.0 Å². The number of pyridine rings is 2. The van der Waals surface area contributed by atoms with E-state index < -0.39 is 18.3 Å². The Morgan fingerprint density at radius 2 is 1.92 bits per heavy atom. The van der Waals surface area contributed by atoms with Crippen molar-refractivity contribution in [1.29, 1.82) is 0 Å². The maximum absolute atomic E-state index is 13.5. The van der Waals surface area contributed by atoms with Gasteiger partial charge in [0, 0.05) is 31.0 Å². The van der Waals surface area contributed by atoms with Gasteiger partial charge in [-0.25, -0.2) is 9.97 Å². The van der Waals surface area contributed by atoms with E-state index in [1.807, 2.05) is 47.0 Å². The number of likely N-dealkylation sites (N-methyl/N-ethyl adjacent to an activating group) is 1. The van der Waals surface area contributed by atoms with E-state index in [0.29, 0.717) is 34.9 Å². The third-order valence-corrected chi connectivity index (χ3v) is 6.21. The van der Waals surface area contributed by atoms with Crippen molar-refractivity contribution in [2.45, 2.75) is 39.0 Å². The van der Waals surface area contributed by atoms with Crippen molar-refractivity contribution in [1.82, 2.24) is 24.6 Å². The van der Waals surface area contributed by atoms with Crippen LogP contribution in [0.25, 0.3) is 11.3 Å². The number of nitrogens with zero attached hydrogens (tertiary/aromatic N) is 6. The molecule has 0 spiro atoms. The first kappa shape index (κ1) is 26.4. The number of hydrogen-bond acceptors (Lipinski definition) is 7. The summed E-state index contributed by atoms with van der Waals surface area (Å²) < 4.78 is 44.7. The molecule has 4 heterocycles. The summed E-state index contributed by atoms with van der Waals surface area (Å²) >= 11 is 0. The highest BCUT2D eigenvalue weighted by Gasteiger charge is 2.47. The van der Waals surface area contributed by atoms with Gasteiger partial charge in [0.05, 0.1) is 47.2 Å². The summed E-state index contributed by atoms with van der Waals surface area (Å²) in [6, 6.07) is 3.72. The topological polar surface area (TPSA) is 88.4 Å². The minimum absolute atomic E-state index is 0.275. The number of ether oxygens (including phenoxy) is 1. The molecule has 1 amide bonds. The van der Waals surface area contributed by atoms with Crippen LogP contribution >= 0.6 is 0 Å². The lowest BCUT2D eigenvalue weighted by molar-refractivity contribution is -0.142. The SMILES string of the molecule is COc1ncc(-c2cc(C)c3c(n2)C(C)(C)N(c2cnn(CC(F)(F)F)c2)C3=O)cc1NCCN(C)C. The minimum Gasteiger partial charge on any atom is -0.480 e. The monoisotopic (exact) mass is 517 g/mol. The predicted molar refractivity (Wildman–Crippen MR) is 134 cm³/mol. The lowest BCUT2D eigenvalue weighted by Crippen LogP contribution is -2.39. The second kappa shape index (κ2) is 9.66. The number of rotatable bonds is 8. The Balaban J connectivity index is 1.70. The van der Waals surface area contributed by atoms with Crippen molar-refractivity contribution in [2.24, 2.45) is 0 Å². The van der Waals surface area contributed by atoms with Gasteiger partial charge >= 0.3 is 6.18 Å². The molecule has 0 saturated heterocycles. The molecular formula is C25H30F3N7O2. The second-order valence-corrected chi connectivity index (χ2v) is 9.77. The highest BCUT2D eigenvalue weighted by Crippen LogP contribution is 2.43. The molecule has 0 radical (unpaired) electrons. The van der Waals surface area contributed by atoms with E-state index in [4.69, 9.17) is 9.72 Å². The van der Waals surface area contributed by atoms with Crippen LogP contribution in [0.15, 0.2) is 30.7 Å². The number of aryl methyl sites for hydroxylation is 1. The number of nitrogens with one attached hydrogen (secondary N) is 1. The summed E-state index contributed by atoms with van der Waals surface area (Å²) in [6.07, 6.45) is -0.260. The Morgan fingerprint density at radius 3 is 2.57 bits per heavy atom. The number of fused-ring (bicyclic) bond motifs is 1. The molecule has 0 aromatic carbocycles. The molecule has 0 saturated carbocycles. The third-order valence-electron chi connectivity index (χ3n) is 6.21. The average molecular weight is 518 g/mol. The van der Waals surface area contributed by atoms with E-state index in [0.717, 1.165) is 22.5 Å². The smallest absolute Gasteiger partial charge is 0.408 e. The first-order valence-electron chi connectivity index (χ1n) is 11.7. The number of aromatic nitrogens is 4. The van der Waals surface area contributed by atoms with Crippen molar-refractivity contribution in [3.8, 4) is 17.1 Å². The molecule has 198 valence electrons. The molecule has 4 rings (SSSR count). The van der Waals surface area contributed by atoms with Gasteiger partial charge in [0.25, 0.3) is 5.91 Å². The minimum atomic E-state index is -4.42. The van der Waals surface area contributed by atoms with Gasteiger partial charge in [0.2, 0.25) is 5.88 Å². The van der Waals surface area contributed by atoms with Crippen molar-refractivity contribution in [3.63, 3.8) is 0 Å². The fourth-order valence-electron chi connectivity index (χ4n) is 4.48.